The summed E-state index contributed by atoms with van der Waals surface area (Å²) in [5, 5.41) is 2.95. The van der Waals surface area contributed by atoms with Crippen molar-refractivity contribution in [2.45, 2.75) is 49.7 Å². The fraction of sp³-hybridized carbons (Fsp3) is 1.00. The summed E-state index contributed by atoms with van der Waals surface area (Å²) in [5.74, 6) is -0.779. The standard InChI is InChI=1S/C10H16F3NOS/c1-6-5-16(15)9-4-7(10(11,12)13)2-3-8(9)14-6/h6-9,14H,2-5H2,1H3. The molecule has 1 N–H and O–H groups in total. The maximum atomic E-state index is 12.6. The molecule has 1 heterocycles. The zero-order valence-electron chi connectivity index (χ0n) is 9.09. The smallest absolute Gasteiger partial charge is 0.309 e. The van der Waals surface area contributed by atoms with Crippen molar-refractivity contribution in [3.8, 4) is 0 Å². The van der Waals surface area contributed by atoms with E-state index in [-0.39, 0.29) is 30.2 Å². The molecule has 2 nitrogen and oxygen atoms in total. The topological polar surface area (TPSA) is 29.1 Å². The zero-order valence-corrected chi connectivity index (χ0v) is 9.90. The van der Waals surface area contributed by atoms with Gasteiger partial charge in [-0.2, -0.15) is 13.2 Å². The number of hydrogen-bond donors (Lipinski definition) is 1. The largest absolute Gasteiger partial charge is 0.391 e. The highest BCUT2D eigenvalue weighted by Crippen LogP contribution is 2.40. The van der Waals surface area contributed by atoms with Gasteiger partial charge in [0.15, 0.2) is 0 Å². The third kappa shape index (κ3) is 2.42. The first-order valence-corrected chi connectivity index (χ1v) is 6.96. The molecule has 1 saturated heterocycles. The highest BCUT2D eigenvalue weighted by atomic mass is 32.2. The number of halogens is 3. The average molecular weight is 255 g/mol. The van der Waals surface area contributed by atoms with Gasteiger partial charge in [0.05, 0.1) is 11.2 Å². The van der Waals surface area contributed by atoms with Crippen LogP contribution in [0.25, 0.3) is 0 Å². The predicted octanol–water partition coefficient (Wildman–Crippen LogP) is 1.83. The number of rotatable bonds is 0. The van der Waals surface area contributed by atoms with Crippen molar-refractivity contribution >= 4 is 10.8 Å². The van der Waals surface area contributed by atoms with Gasteiger partial charge in [-0.25, -0.2) is 0 Å². The monoisotopic (exact) mass is 255 g/mol. The molecule has 0 aromatic heterocycles. The second kappa shape index (κ2) is 4.29. The van der Waals surface area contributed by atoms with E-state index in [0.717, 1.165) is 0 Å². The number of fused-ring (bicyclic) bond motifs is 1. The molecule has 2 rings (SSSR count). The lowest BCUT2D eigenvalue weighted by Crippen LogP contribution is -2.57. The summed E-state index contributed by atoms with van der Waals surface area (Å²) in [5.41, 5.74) is 0. The van der Waals surface area contributed by atoms with Crippen LogP contribution < -0.4 is 5.32 Å². The Morgan fingerprint density at radius 1 is 1.31 bits per heavy atom. The highest BCUT2D eigenvalue weighted by Gasteiger charge is 2.47. The van der Waals surface area contributed by atoms with Crippen LogP contribution in [0.5, 0.6) is 0 Å². The third-order valence-electron chi connectivity index (χ3n) is 3.51. The second-order valence-corrected chi connectivity index (χ2v) is 6.51. The predicted molar refractivity (Wildman–Crippen MR) is 56.6 cm³/mol. The molecule has 16 heavy (non-hydrogen) atoms. The fourth-order valence-electron chi connectivity index (χ4n) is 2.69. The Morgan fingerprint density at radius 2 is 2.00 bits per heavy atom. The molecular formula is C10H16F3NOS. The summed E-state index contributed by atoms with van der Waals surface area (Å²) in [6, 6.07) is 0.174. The minimum absolute atomic E-state index is 0.0168. The summed E-state index contributed by atoms with van der Waals surface area (Å²) in [6.07, 6.45) is -3.44. The van der Waals surface area contributed by atoms with Crippen molar-refractivity contribution in [3.63, 3.8) is 0 Å². The van der Waals surface area contributed by atoms with Crippen LogP contribution in [0.2, 0.25) is 0 Å². The second-order valence-electron chi connectivity index (χ2n) is 4.81. The normalized spacial score (nSPS) is 45.1. The molecule has 0 bridgehead atoms. The van der Waals surface area contributed by atoms with E-state index in [9.17, 15) is 17.4 Å². The van der Waals surface area contributed by atoms with Gasteiger partial charge in [0.1, 0.15) is 0 Å². The molecule has 1 aliphatic carbocycles. The van der Waals surface area contributed by atoms with Crippen LogP contribution in [0.4, 0.5) is 13.2 Å². The van der Waals surface area contributed by atoms with E-state index in [1.807, 2.05) is 6.92 Å². The van der Waals surface area contributed by atoms with Crippen molar-refractivity contribution in [1.82, 2.24) is 5.32 Å². The first-order valence-electron chi connectivity index (χ1n) is 5.58. The summed E-state index contributed by atoms with van der Waals surface area (Å²) in [7, 11) is -1.10. The lowest BCUT2D eigenvalue weighted by atomic mass is 9.84. The van der Waals surface area contributed by atoms with Gasteiger partial charge in [-0.1, -0.05) is 0 Å². The van der Waals surface area contributed by atoms with E-state index in [1.165, 1.54) is 0 Å². The Labute approximate surface area is 95.4 Å². The molecule has 6 heteroatoms. The number of alkyl halides is 3. The summed E-state index contributed by atoms with van der Waals surface area (Å²) in [6.45, 7) is 1.93. The Bertz CT molecular complexity index is 294. The molecule has 0 spiro atoms. The van der Waals surface area contributed by atoms with Crippen LogP contribution in [-0.4, -0.2) is 33.5 Å². The van der Waals surface area contributed by atoms with Crippen LogP contribution in [0.3, 0.4) is 0 Å². The van der Waals surface area contributed by atoms with Gasteiger partial charge >= 0.3 is 6.18 Å². The van der Waals surface area contributed by atoms with Crippen molar-refractivity contribution in [2.24, 2.45) is 5.92 Å². The first kappa shape index (κ1) is 12.4. The van der Waals surface area contributed by atoms with Crippen LogP contribution in [0.15, 0.2) is 0 Å². The van der Waals surface area contributed by atoms with Crippen LogP contribution in [0.1, 0.15) is 26.2 Å². The van der Waals surface area contributed by atoms with Crippen molar-refractivity contribution in [1.29, 1.82) is 0 Å². The molecule has 0 radical (unpaired) electrons. The van der Waals surface area contributed by atoms with Gasteiger partial charge in [-0.15, -0.1) is 0 Å². The van der Waals surface area contributed by atoms with E-state index < -0.39 is 22.9 Å². The van der Waals surface area contributed by atoms with Gasteiger partial charge in [0, 0.05) is 28.6 Å². The Kier molecular flexibility index (Phi) is 3.32. The van der Waals surface area contributed by atoms with Gasteiger partial charge in [-0.05, 0) is 26.2 Å². The molecule has 1 aliphatic heterocycles. The van der Waals surface area contributed by atoms with Crippen LogP contribution >= 0.6 is 0 Å². The Balaban J connectivity index is 2.06. The molecule has 2 fully saturated rings. The van der Waals surface area contributed by atoms with E-state index in [0.29, 0.717) is 12.2 Å². The molecular weight excluding hydrogens is 239 g/mol. The highest BCUT2D eigenvalue weighted by molar-refractivity contribution is 7.85. The maximum absolute atomic E-state index is 12.6. The van der Waals surface area contributed by atoms with E-state index in [2.05, 4.69) is 5.32 Å². The lowest BCUT2D eigenvalue weighted by molar-refractivity contribution is -0.182. The van der Waals surface area contributed by atoms with E-state index in [1.54, 1.807) is 0 Å². The minimum atomic E-state index is -4.13. The van der Waals surface area contributed by atoms with Gasteiger partial charge in [0.2, 0.25) is 0 Å². The molecule has 2 aliphatic rings. The van der Waals surface area contributed by atoms with Gasteiger partial charge < -0.3 is 5.32 Å². The summed E-state index contributed by atoms with van der Waals surface area (Å²) in [4.78, 5) is 0. The molecule has 94 valence electrons. The maximum Gasteiger partial charge on any atom is 0.391 e. The quantitative estimate of drug-likeness (QED) is 0.715. The lowest BCUT2D eigenvalue weighted by Gasteiger charge is -2.41. The number of nitrogens with one attached hydrogen (secondary N) is 1. The van der Waals surface area contributed by atoms with Crippen LogP contribution in [0, 0.1) is 5.92 Å². The van der Waals surface area contributed by atoms with Gasteiger partial charge in [0.25, 0.3) is 0 Å². The SMILES string of the molecule is CC1CS(=O)C2CC(C(F)(F)F)CCC2N1. The average Bonchev–Trinajstić information content (AvgIpc) is 2.15. The number of hydrogen-bond acceptors (Lipinski definition) is 2. The third-order valence-corrected chi connectivity index (χ3v) is 5.53. The van der Waals surface area contributed by atoms with E-state index in [4.69, 9.17) is 0 Å². The Morgan fingerprint density at radius 3 is 2.62 bits per heavy atom. The molecule has 0 aromatic rings. The van der Waals surface area contributed by atoms with Gasteiger partial charge in [-0.3, -0.25) is 4.21 Å². The molecule has 0 aromatic carbocycles. The van der Waals surface area contributed by atoms with E-state index >= 15 is 0 Å². The molecule has 5 unspecified atom stereocenters. The minimum Gasteiger partial charge on any atom is -0.309 e. The summed E-state index contributed by atoms with van der Waals surface area (Å²) >= 11 is 0. The fourth-order valence-corrected chi connectivity index (χ4v) is 4.56. The van der Waals surface area contributed by atoms with Crippen LogP contribution in [-0.2, 0) is 10.8 Å². The van der Waals surface area contributed by atoms with Crippen molar-refractivity contribution in [3.05, 3.63) is 0 Å². The summed E-state index contributed by atoms with van der Waals surface area (Å²) < 4.78 is 49.6. The molecule has 0 amide bonds. The molecule has 5 atom stereocenters. The zero-order chi connectivity index (χ0) is 11.9. The molecule has 1 saturated carbocycles. The first-order chi connectivity index (χ1) is 7.38. The van der Waals surface area contributed by atoms with Crippen molar-refractivity contribution < 1.29 is 17.4 Å². The Hall–Kier alpha value is -0.100. The van der Waals surface area contributed by atoms with Crippen molar-refractivity contribution in [2.75, 3.05) is 5.75 Å².